The fourth-order valence-electron chi connectivity index (χ4n) is 2.09. The summed E-state index contributed by atoms with van der Waals surface area (Å²) in [6, 6.07) is 11.8. The molecule has 0 aliphatic heterocycles. The standard InChI is InChI=1S/C19H20BrClN2O4/c1-3-10-26-16-7-5-4-6-14(16)19(25)23-22-18(24)12(2)27-17-9-8-13(21)11-15(17)20/h4-9,11-12H,3,10H2,1-2H3,(H,22,24)(H,23,25). The predicted octanol–water partition coefficient (Wildman–Crippen LogP) is 4.12. The van der Waals surface area contributed by atoms with Crippen LogP contribution in [0.2, 0.25) is 5.02 Å². The van der Waals surface area contributed by atoms with Gasteiger partial charge in [0.15, 0.2) is 6.10 Å². The van der Waals surface area contributed by atoms with Crippen molar-refractivity contribution in [1.82, 2.24) is 10.9 Å². The molecule has 2 rings (SSSR count). The van der Waals surface area contributed by atoms with E-state index < -0.39 is 17.9 Å². The zero-order chi connectivity index (χ0) is 19.8. The quantitative estimate of drug-likeness (QED) is 0.616. The van der Waals surface area contributed by atoms with Crippen LogP contribution in [0.5, 0.6) is 11.5 Å². The molecule has 0 aliphatic rings. The van der Waals surface area contributed by atoms with E-state index in [0.29, 0.717) is 33.2 Å². The number of carbonyl (C=O) groups is 2. The molecule has 2 amide bonds. The molecule has 8 heteroatoms. The number of hydrazine groups is 1. The van der Waals surface area contributed by atoms with Gasteiger partial charge in [-0.15, -0.1) is 0 Å². The van der Waals surface area contributed by atoms with Crippen LogP contribution in [0.1, 0.15) is 30.6 Å². The molecule has 6 nitrogen and oxygen atoms in total. The number of ether oxygens (including phenoxy) is 2. The summed E-state index contributed by atoms with van der Waals surface area (Å²) in [5.41, 5.74) is 5.06. The highest BCUT2D eigenvalue weighted by Crippen LogP contribution is 2.28. The summed E-state index contributed by atoms with van der Waals surface area (Å²) in [5.74, 6) is -0.0562. The zero-order valence-electron chi connectivity index (χ0n) is 14.9. The van der Waals surface area contributed by atoms with Crippen LogP contribution < -0.4 is 20.3 Å². The van der Waals surface area contributed by atoms with Crippen LogP contribution in [0.4, 0.5) is 0 Å². The molecule has 0 aliphatic carbocycles. The second-order valence-corrected chi connectivity index (χ2v) is 6.91. The third-order valence-electron chi connectivity index (χ3n) is 3.46. The molecule has 0 bridgehead atoms. The van der Waals surface area contributed by atoms with Crippen molar-refractivity contribution in [2.75, 3.05) is 6.61 Å². The molecule has 2 aromatic carbocycles. The van der Waals surface area contributed by atoms with Crippen molar-refractivity contribution in [2.45, 2.75) is 26.4 Å². The molecule has 144 valence electrons. The normalized spacial score (nSPS) is 11.4. The first-order chi connectivity index (χ1) is 12.9. The average molecular weight is 456 g/mol. The molecule has 1 atom stereocenters. The first-order valence-corrected chi connectivity index (χ1v) is 9.53. The Kier molecular flexibility index (Phi) is 7.94. The average Bonchev–Trinajstić information content (AvgIpc) is 2.66. The summed E-state index contributed by atoms with van der Waals surface area (Å²) in [7, 11) is 0. The maximum absolute atomic E-state index is 12.3. The van der Waals surface area contributed by atoms with Gasteiger partial charge in [-0.3, -0.25) is 20.4 Å². The van der Waals surface area contributed by atoms with Gasteiger partial charge in [0, 0.05) is 5.02 Å². The van der Waals surface area contributed by atoms with Crippen molar-refractivity contribution in [2.24, 2.45) is 0 Å². The molecule has 0 saturated heterocycles. The summed E-state index contributed by atoms with van der Waals surface area (Å²) < 4.78 is 11.8. The van der Waals surface area contributed by atoms with Crippen molar-refractivity contribution in [1.29, 1.82) is 0 Å². The number of benzene rings is 2. The van der Waals surface area contributed by atoms with E-state index in [1.807, 2.05) is 6.92 Å². The van der Waals surface area contributed by atoms with Crippen LogP contribution >= 0.6 is 27.5 Å². The minimum atomic E-state index is -0.839. The summed E-state index contributed by atoms with van der Waals surface area (Å²) in [4.78, 5) is 24.5. The van der Waals surface area contributed by atoms with Gasteiger partial charge in [0.05, 0.1) is 16.6 Å². The Morgan fingerprint density at radius 2 is 1.89 bits per heavy atom. The van der Waals surface area contributed by atoms with Gasteiger partial charge in [0.1, 0.15) is 11.5 Å². The largest absolute Gasteiger partial charge is 0.493 e. The molecule has 0 aromatic heterocycles. The van der Waals surface area contributed by atoms with Gasteiger partial charge in [-0.2, -0.15) is 0 Å². The monoisotopic (exact) mass is 454 g/mol. The Morgan fingerprint density at radius 1 is 1.15 bits per heavy atom. The highest BCUT2D eigenvalue weighted by molar-refractivity contribution is 9.10. The number of hydrogen-bond acceptors (Lipinski definition) is 4. The van der Waals surface area contributed by atoms with Gasteiger partial charge in [0.2, 0.25) is 0 Å². The van der Waals surface area contributed by atoms with Crippen LogP contribution in [-0.4, -0.2) is 24.5 Å². The maximum Gasteiger partial charge on any atom is 0.279 e. The zero-order valence-corrected chi connectivity index (χ0v) is 17.3. The Morgan fingerprint density at radius 3 is 2.59 bits per heavy atom. The Bertz CT molecular complexity index is 816. The smallest absolute Gasteiger partial charge is 0.279 e. The summed E-state index contributed by atoms with van der Waals surface area (Å²) in [6.07, 6.45) is -0.0173. The van der Waals surface area contributed by atoms with Crippen LogP contribution in [0.15, 0.2) is 46.9 Å². The van der Waals surface area contributed by atoms with Crippen molar-refractivity contribution in [3.63, 3.8) is 0 Å². The Hall–Kier alpha value is -2.25. The lowest BCUT2D eigenvalue weighted by atomic mass is 10.2. The van der Waals surface area contributed by atoms with E-state index in [1.54, 1.807) is 49.4 Å². The van der Waals surface area contributed by atoms with Crippen LogP contribution in [0.25, 0.3) is 0 Å². The van der Waals surface area contributed by atoms with Crippen molar-refractivity contribution < 1.29 is 19.1 Å². The number of amides is 2. The maximum atomic E-state index is 12.3. The third-order valence-corrected chi connectivity index (χ3v) is 4.31. The van der Waals surface area contributed by atoms with E-state index in [2.05, 4.69) is 26.8 Å². The summed E-state index contributed by atoms with van der Waals surface area (Å²) in [5, 5.41) is 0.544. The lowest BCUT2D eigenvalue weighted by Gasteiger charge is -2.17. The second-order valence-electron chi connectivity index (χ2n) is 5.62. The molecular formula is C19H20BrClN2O4. The van der Waals surface area contributed by atoms with Crippen LogP contribution in [-0.2, 0) is 4.79 Å². The van der Waals surface area contributed by atoms with Gasteiger partial charge in [-0.1, -0.05) is 30.7 Å². The molecule has 0 heterocycles. The number of halogens is 2. The lowest BCUT2D eigenvalue weighted by molar-refractivity contribution is -0.128. The molecule has 0 spiro atoms. The number of carbonyl (C=O) groups excluding carboxylic acids is 2. The van der Waals surface area contributed by atoms with Gasteiger partial charge < -0.3 is 9.47 Å². The summed E-state index contributed by atoms with van der Waals surface area (Å²) >= 11 is 9.20. The lowest BCUT2D eigenvalue weighted by Crippen LogP contribution is -2.47. The molecule has 27 heavy (non-hydrogen) atoms. The van der Waals surface area contributed by atoms with Crippen molar-refractivity contribution in [3.8, 4) is 11.5 Å². The first-order valence-electron chi connectivity index (χ1n) is 8.36. The molecule has 0 radical (unpaired) electrons. The highest BCUT2D eigenvalue weighted by atomic mass is 79.9. The number of nitrogens with one attached hydrogen (secondary N) is 2. The number of rotatable bonds is 7. The minimum Gasteiger partial charge on any atom is -0.493 e. The molecule has 0 saturated carbocycles. The fraction of sp³-hybridized carbons (Fsp3) is 0.263. The van der Waals surface area contributed by atoms with E-state index in [0.717, 1.165) is 6.42 Å². The van der Waals surface area contributed by atoms with Gasteiger partial charge in [-0.25, -0.2) is 0 Å². The van der Waals surface area contributed by atoms with E-state index >= 15 is 0 Å². The molecule has 0 fully saturated rings. The third kappa shape index (κ3) is 6.15. The van der Waals surface area contributed by atoms with Gasteiger partial charge in [0.25, 0.3) is 11.8 Å². The first kappa shape index (κ1) is 21.1. The Labute approximate surface area is 171 Å². The highest BCUT2D eigenvalue weighted by Gasteiger charge is 2.18. The molecule has 1 unspecified atom stereocenters. The fourth-order valence-corrected chi connectivity index (χ4v) is 2.87. The van der Waals surface area contributed by atoms with E-state index in [9.17, 15) is 9.59 Å². The minimum absolute atomic E-state index is 0.334. The molecule has 2 N–H and O–H groups in total. The van der Waals surface area contributed by atoms with E-state index in [1.165, 1.54) is 0 Å². The summed E-state index contributed by atoms with van der Waals surface area (Å²) in [6.45, 7) is 4.04. The predicted molar refractivity (Wildman–Crippen MR) is 107 cm³/mol. The second kappa shape index (κ2) is 10.2. The van der Waals surface area contributed by atoms with Gasteiger partial charge in [-0.05, 0) is 59.6 Å². The van der Waals surface area contributed by atoms with Crippen LogP contribution in [0, 0.1) is 0 Å². The SMILES string of the molecule is CCCOc1ccccc1C(=O)NNC(=O)C(C)Oc1ccc(Cl)cc1Br. The Balaban J connectivity index is 1.93. The van der Waals surface area contributed by atoms with Crippen LogP contribution in [0.3, 0.4) is 0 Å². The molecular weight excluding hydrogens is 436 g/mol. The van der Waals surface area contributed by atoms with E-state index in [4.69, 9.17) is 21.1 Å². The topological polar surface area (TPSA) is 76.7 Å². The van der Waals surface area contributed by atoms with Gasteiger partial charge >= 0.3 is 0 Å². The number of hydrogen-bond donors (Lipinski definition) is 2. The van der Waals surface area contributed by atoms with Crippen molar-refractivity contribution in [3.05, 3.63) is 57.5 Å². The van der Waals surface area contributed by atoms with Crippen molar-refractivity contribution >= 4 is 39.3 Å². The van der Waals surface area contributed by atoms with E-state index in [-0.39, 0.29) is 0 Å². The number of para-hydroxylation sites is 1. The molecule has 2 aromatic rings.